The minimum Gasteiger partial charge on any atom is -0.462 e. The molecule has 1 N–H and O–H groups in total. The first-order valence-corrected chi connectivity index (χ1v) is 11.4. The van der Waals surface area contributed by atoms with Gasteiger partial charge >= 0.3 is 5.97 Å². The Labute approximate surface area is 192 Å². The van der Waals surface area contributed by atoms with Crippen molar-refractivity contribution < 1.29 is 9.53 Å². The van der Waals surface area contributed by atoms with Crippen LogP contribution in [-0.2, 0) is 4.74 Å². The first kappa shape index (κ1) is 21.3. The Kier molecular flexibility index (Phi) is 5.88. The second-order valence-electron chi connectivity index (χ2n) is 8.47. The number of benzene rings is 1. The lowest BCUT2D eigenvalue weighted by atomic mass is 10.0. The van der Waals surface area contributed by atoms with Crippen LogP contribution in [0.25, 0.3) is 33.2 Å². The number of carbonyl (C=O) groups is 1. The highest BCUT2D eigenvalue weighted by atomic mass is 16.5. The van der Waals surface area contributed by atoms with Crippen LogP contribution in [0.2, 0.25) is 0 Å². The van der Waals surface area contributed by atoms with Crippen LogP contribution >= 0.6 is 0 Å². The smallest absolute Gasteiger partial charge is 0.341 e. The summed E-state index contributed by atoms with van der Waals surface area (Å²) in [5.41, 5.74) is 5.17. The summed E-state index contributed by atoms with van der Waals surface area (Å²) in [5.74, 6) is -0.387. The third-order valence-corrected chi connectivity index (χ3v) is 6.16. The molecule has 7 nitrogen and oxygen atoms in total. The number of nitrogens with zero attached hydrogens (tertiary/aromatic N) is 4. The highest BCUT2D eigenvalue weighted by Crippen LogP contribution is 2.30. The molecule has 1 aliphatic rings. The van der Waals surface area contributed by atoms with E-state index in [2.05, 4.69) is 33.3 Å². The molecule has 33 heavy (non-hydrogen) atoms. The number of nitrogens with one attached hydrogen (secondary N) is 1. The van der Waals surface area contributed by atoms with Gasteiger partial charge in [0.1, 0.15) is 11.1 Å². The summed E-state index contributed by atoms with van der Waals surface area (Å²) in [6.45, 7) is 4.13. The molecule has 4 heterocycles. The molecule has 0 saturated carbocycles. The number of esters is 1. The fourth-order valence-corrected chi connectivity index (χ4v) is 4.30. The molecule has 7 heteroatoms. The molecule has 0 aliphatic carbocycles. The van der Waals surface area contributed by atoms with Crippen LogP contribution in [0.15, 0.2) is 54.9 Å². The Hall–Kier alpha value is -3.58. The van der Waals surface area contributed by atoms with Gasteiger partial charge in [0.25, 0.3) is 0 Å². The van der Waals surface area contributed by atoms with E-state index in [-0.39, 0.29) is 12.0 Å². The summed E-state index contributed by atoms with van der Waals surface area (Å²) in [7, 11) is 2.13. The summed E-state index contributed by atoms with van der Waals surface area (Å²) in [5, 5.41) is 4.67. The van der Waals surface area contributed by atoms with E-state index >= 15 is 0 Å². The number of rotatable bonds is 5. The fraction of sp³-hybridized carbons (Fsp3) is 0.308. The molecule has 0 spiro atoms. The highest BCUT2D eigenvalue weighted by Gasteiger charge is 2.23. The van der Waals surface area contributed by atoms with Gasteiger partial charge in [-0.3, -0.25) is 9.97 Å². The average Bonchev–Trinajstić information content (AvgIpc) is 2.85. The summed E-state index contributed by atoms with van der Waals surface area (Å²) in [4.78, 5) is 29.1. The number of fused-ring (bicyclic) bond motifs is 2. The minimum atomic E-state index is -0.387. The lowest BCUT2D eigenvalue weighted by molar-refractivity contribution is 0.0527. The van der Waals surface area contributed by atoms with E-state index in [0.717, 1.165) is 53.6 Å². The number of carbonyl (C=O) groups excluding carboxylic acids is 1. The number of likely N-dealkylation sites (tertiary alicyclic amines) is 1. The Bertz CT molecular complexity index is 1310. The van der Waals surface area contributed by atoms with Crippen LogP contribution in [0, 0.1) is 0 Å². The summed E-state index contributed by atoms with van der Waals surface area (Å²) in [6, 6.07) is 14.3. The van der Waals surface area contributed by atoms with Crippen LogP contribution in [0.1, 0.15) is 30.1 Å². The highest BCUT2D eigenvalue weighted by molar-refractivity contribution is 6.04. The molecule has 0 unspecified atom stereocenters. The van der Waals surface area contributed by atoms with Crippen molar-refractivity contribution in [3.63, 3.8) is 0 Å². The molecule has 1 aromatic carbocycles. The monoisotopic (exact) mass is 441 g/mol. The molecular formula is C26H27N5O2. The number of aromatic nitrogens is 3. The lowest BCUT2D eigenvalue weighted by Gasteiger charge is -2.30. The van der Waals surface area contributed by atoms with Gasteiger partial charge in [0.2, 0.25) is 0 Å². The third-order valence-electron chi connectivity index (χ3n) is 6.16. The van der Waals surface area contributed by atoms with Gasteiger partial charge in [-0.25, -0.2) is 9.78 Å². The molecule has 1 aliphatic heterocycles. The summed E-state index contributed by atoms with van der Waals surface area (Å²) < 4.78 is 5.32. The maximum Gasteiger partial charge on any atom is 0.341 e. The largest absolute Gasteiger partial charge is 0.462 e. The standard InChI is InChI=1S/C26H27N5O2/c1-3-33-26(32)20-16-28-23-9-8-22(18-14-17-6-4-5-7-21(17)27-15-18)30-25(23)24(20)29-19-10-12-31(2)13-11-19/h4-9,14-16,19H,3,10-13H2,1-2H3,(H,28,29). The zero-order valence-corrected chi connectivity index (χ0v) is 18.9. The van der Waals surface area contributed by atoms with Gasteiger partial charge in [-0.05, 0) is 64.2 Å². The summed E-state index contributed by atoms with van der Waals surface area (Å²) >= 11 is 0. The topological polar surface area (TPSA) is 80.2 Å². The molecule has 0 amide bonds. The van der Waals surface area contributed by atoms with Crippen LogP contribution < -0.4 is 5.32 Å². The van der Waals surface area contributed by atoms with Gasteiger partial charge in [0.05, 0.1) is 29.0 Å². The molecule has 4 aromatic rings. The zero-order chi connectivity index (χ0) is 22.8. The molecule has 168 valence electrons. The normalized spacial score (nSPS) is 15.1. The predicted molar refractivity (Wildman–Crippen MR) is 130 cm³/mol. The van der Waals surface area contributed by atoms with Crippen molar-refractivity contribution in [1.82, 2.24) is 19.9 Å². The first-order chi connectivity index (χ1) is 16.1. The SMILES string of the molecule is CCOC(=O)c1cnc2ccc(-c3cnc4ccccc4c3)nc2c1NC1CCN(C)CC1. The van der Waals surface area contributed by atoms with Crippen LogP contribution in [0.3, 0.4) is 0 Å². The van der Waals surface area contributed by atoms with Crippen molar-refractivity contribution >= 4 is 33.6 Å². The number of ether oxygens (including phenoxy) is 1. The van der Waals surface area contributed by atoms with E-state index in [1.807, 2.05) is 42.6 Å². The zero-order valence-electron chi connectivity index (χ0n) is 18.9. The second kappa shape index (κ2) is 9.11. The van der Waals surface area contributed by atoms with E-state index in [4.69, 9.17) is 9.72 Å². The van der Waals surface area contributed by atoms with E-state index in [9.17, 15) is 4.79 Å². The summed E-state index contributed by atoms with van der Waals surface area (Å²) in [6.07, 6.45) is 5.42. The van der Waals surface area contributed by atoms with Crippen molar-refractivity contribution in [2.45, 2.75) is 25.8 Å². The van der Waals surface area contributed by atoms with E-state index < -0.39 is 0 Å². The quantitative estimate of drug-likeness (QED) is 0.456. The van der Waals surface area contributed by atoms with Gasteiger partial charge in [0.15, 0.2) is 0 Å². The van der Waals surface area contributed by atoms with E-state index in [1.54, 1.807) is 13.1 Å². The molecule has 0 atom stereocenters. The first-order valence-electron chi connectivity index (χ1n) is 11.4. The number of hydrogen-bond acceptors (Lipinski definition) is 7. The number of anilines is 1. The van der Waals surface area contributed by atoms with Gasteiger partial charge in [-0.2, -0.15) is 0 Å². The van der Waals surface area contributed by atoms with Gasteiger partial charge in [-0.15, -0.1) is 0 Å². The average molecular weight is 442 g/mol. The Morgan fingerprint density at radius 1 is 1.09 bits per heavy atom. The number of piperidine rings is 1. The maximum absolute atomic E-state index is 12.8. The van der Waals surface area contributed by atoms with E-state index in [1.165, 1.54) is 0 Å². The van der Waals surface area contributed by atoms with Crippen LogP contribution in [0.4, 0.5) is 5.69 Å². The van der Waals surface area contributed by atoms with Gasteiger partial charge in [-0.1, -0.05) is 18.2 Å². The second-order valence-corrected chi connectivity index (χ2v) is 8.47. The number of pyridine rings is 3. The van der Waals surface area contributed by atoms with Crippen molar-refractivity contribution in [3.8, 4) is 11.3 Å². The molecule has 0 bridgehead atoms. The number of para-hydroxylation sites is 1. The molecule has 1 fully saturated rings. The predicted octanol–water partition coefficient (Wildman–Crippen LogP) is 4.53. The van der Waals surface area contributed by atoms with Crippen molar-refractivity contribution in [3.05, 3.63) is 60.4 Å². The molecule has 0 radical (unpaired) electrons. The van der Waals surface area contributed by atoms with Gasteiger partial charge in [0, 0.05) is 29.4 Å². The van der Waals surface area contributed by atoms with Crippen LogP contribution in [-0.4, -0.2) is 58.6 Å². The van der Waals surface area contributed by atoms with Crippen molar-refractivity contribution in [1.29, 1.82) is 0 Å². The Morgan fingerprint density at radius 2 is 1.88 bits per heavy atom. The Morgan fingerprint density at radius 3 is 2.70 bits per heavy atom. The van der Waals surface area contributed by atoms with Crippen LogP contribution in [0.5, 0.6) is 0 Å². The molecular weight excluding hydrogens is 414 g/mol. The molecule has 1 saturated heterocycles. The van der Waals surface area contributed by atoms with Crippen molar-refractivity contribution in [2.75, 3.05) is 32.1 Å². The van der Waals surface area contributed by atoms with Gasteiger partial charge < -0.3 is 15.0 Å². The lowest BCUT2D eigenvalue weighted by Crippen LogP contribution is -2.37. The molecule has 3 aromatic heterocycles. The Balaban J connectivity index is 1.61. The third kappa shape index (κ3) is 4.36. The van der Waals surface area contributed by atoms with Crippen molar-refractivity contribution in [2.24, 2.45) is 0 Å². The minimum absolute atomic E-state index is 0.257. The van der Waals surface area contributed by atoms with E-state index in [0.29, 0.717) is 23.4 Å². The maximum atomic E-state index is 12.8. The number of hydrogen-bond donors (Lipinski definition) is 1. The fourth-order valence-electron chi connectivity index (χ4n) is 4.30. The molecule has 5 rings (SSSR count).